The van der Waals surface area contributed by atoms with E-state index in [1.807, 2.05) is 45.0 Å². The van der Waals surface area contributed by atoms with E-state index < -0.39 is 0 Å². The minimum absolute atomic E-state index is 0.228. The van der Waals surface area contributed by atoms with Crippen molar-refractivity contribution in [3.8, 4) is 5.75 Å². The van der Waals surface area contributed by atoms with Crippen LogP contribution in [0.3, 0.4) is 0 Å². The summed E-state index contributed by atoms with van der Waals surface area (Å²) in [6.45, 7) is 6.62. The maximum absolute atomic E-state index is 12.4. The first-order valence-electron chi connectivity index (χ1n) is 8.70. The summed E-state index contributed by atoms with van der Waals surface area (Å²) in [5.41, 5.74) is 2.04. The van der Waals surface area contributed by atoms with Gasteiger partial charge in [0.1, 0.15) is 11.6 Å². The fourth-order valence-corrected chi connectivity index (χ4v) is 2.52. The lowest BCUT2D eigenvalue weighted by atomic mass is 10.2. The van der Waals surface area contributed by atoms with Crippen molar-refractivity contribution < 1.29 is 9.53 Å². The smallest absolute Gasteiger partial charge is 0.274 e. The average molecular weight is 369 g/mol. The number of aromatic amines is 1. The number of hydrogen-bond acceptors (Lipinski definition) is 6. The molecule has 9 nitrogen and oxygen atoms in total. The number of H-pyrrole nitrogens is 1. The number of ether oxygens (including phenoxy) is 1. The van der Waals surface area contributed by atoms with E-state index in [0.29, 0.717) is 23.8 Å². The van der Waals surface area contributed by atoms with Crippen molar-refractivity contribution in [2.24, 2.45) is 0 Å². The van der Waals surface area contributed by atoms with Gasteiger partial charge in [-0.3, -0.25) is 9.89 Å². The van der Waals surface area contributed by atoms with E-state index in [2.05, 4.69) is 30.8 Å². The molecule has 0 aliphatic carbocycles. The largest absolute Gasteiger partial charge is 0.497 e. The third-order valence-corrected chi connectivity index (χ3v) is 4.17. The highest BCUT2D eigenvalue weighted by molar-refractivity contribution is 5.93. The quantitative estimate of drug-likeness (QED) is 0.657. The molecule has 27 heavy (non-hydrogen) atoms. The molecule has 3 rings (SSSR count). The van der Waals surface area contributed by atoms with Crippen LogP contribution in [0.4, 0.5) is 0 Å². The zero-order valence-corrected chi connectivity index (χ0v) is 15.9. The van der Waals surface area contributed by atoms with Gasteiger partial charge in [0.2, 0.25) is 0 Å². The number of aromatic nitrogens is 6. The second kappa shape index (κ2) is 7.98. The van der Waals surface area contributed by atoms with E-state index in [0.717, 1.165) is 17.1 Å². The Balaban J connectivity index is 1.63. The fourth-order valence-electron chi connectivity index (χ4n) is 2.52. The van der Waals surface area contributed by atoms with Crippen LogP contribution in [0.5, 0.6) is 5.75 Å². The molecule has 2 N–H and O–H groups in total. The molecule has 0 saturated heterocycles. The molecule has 0 atom stereocenters. The number of rotatable bonds is 7. The van der Waals surface area contributed by atoms with Crippen LogP contribution < -0.4 is 10.1 Å². The predicted molar refractivity (Wildman–Crippen MR) is 98.5 cm³/mol. The Hall–Kier alpha value is -3.23. The molecule has 2 aromatic heterocycles. The Labute approximate surface area is 157 Å². The first kappa shape index (κ1) is 18.6. The van der Waals surface area contributed by atoms with E-state index in [4.69, 9.17) is 4.74 Å². The maximum atomic E-state index is 12.4. The van der Waals surface area contributed by atoms with Gasteiger partial charge in [-0.15, -0.1) is 5.10 Å². The van der Waals surface area contributed by atoms with Gasteiger partial charge < -0.3 is 10.1 Å². The molecule has 0 radical (unpaired) electrons. The standard InChI is InChI=1S/C18H23N7O2/c1-11(2)17-20-15(21-23-17)9-19-18(26)16-12(3)25(24-22-16)10-13-5-7-14(27-4)8-6-13/h5-8,11H,9-10H2,1-4H3,(H,19,26)(H,20,21,23). The second-order valence-corrected chi connectivity index (χ2v) is 6.51. The summed E-state index contributed by atoms with van der Waals surface area (Å²) < 4.78 is 6.85. The third kappa shape index (κ3) is 4.30. The molecular weight excluding hydrogens is 346 g/mol. The molecular formula is C18H23N7O2. The van der Waals surface area contributed by atoms with Gasteiger partial charge in [-0.25, -0.2) is 9.67 Å². The van der Waals surface area contributed by atoms with Gasteiger partial charge in [0, 0.05) is 5.92 Å². The Morgan fingerprint density at radius 3 is 2.67 bits per heavy atom. The minimum atomic E-state index is -0.295. The van der Waals surface area contributed by atoms with Crippen molar-refractivity contribution in [3.63, 3.8) is 0 Å². The van der Waals surface area contributed by atoms with Gasteiger partial charge in [0.25, 0.3) is 5.91 Å². The molecule has 0 unspecified atom stereocenters. The van der Waals surface area contributed by atoms with Gasteiger partial charge in [0.05, 0.1) is 25.9 Å². The number of nitrogens with one attached hydrogen (secondary N) is 2. The van der Waals surface area contributed by atoms with Crippen LogP contribution in [0.2, 0.25) is 0 Å². The van der Waals surface area contributed by atoms with Crippen molar-refractivity contribution in [1.29, 1.82) is 0 Å². The molecule has 0 bridgehead atoms. The third-order valence-electron chi connectivity index (χ3n) is 4.17. The SMILES string of the molecule is COc1ccc(Cn2nnc(C(=O)NCc3nc(C(C)C)n[nH]3)c2C)cc1. The Morgan fingerprint density at radius 1 is 1.30 bits per heavy atom. The van der Waals surface area contributed by atoms with Gasteiger partial charge in [0.15, 0.2) is 11.5 Å². The molecule has 0 spiro atoms. The zero-order valence-electron chi connectivity index (χ0n) is 15.9. The van der Waals surface area contributed by atoms with Crippen LogP contribution in [0, 0.1) is 6.92 Å². The summed E-state index contributed by atoms with van der Waals surface area (Å²) >= 11 is 0. The fraction of sp³-hybridized carbons (Fsp3) is 0.389. The number of methoxy groups -OCH3 is 1. The lowest BCUT2D eigenvalue weighted by molar-refractivity contribution is 0.0944. The Kier molecular flexibility index (Phi) is 5.49. The van der Waals surface area contributed by atoms with Crippen molar-refractivity contribution in [2.75, 3.05) is 7.11 Å². The van der Waals surface area contributed by atoms with Crippen molar-refractivity contribution in [1.82, 2.24) is 35.5 Å². The Bertz CT molecular complexity index is 912. The molecule has 142 valence electrons. The summed E-state index contributed by atoms with van der Waals surface area (Å²) in [5.74, 6) is 2.06. The summed E-state index contributed by atoms with van der Waals surface area (Å²) in [4.78, 5) is 16.8. The van der Waals surface area contributed by atoms with Crippen molar-refractivity contribution >= 4 is 5.91 Å². The number of hydrogen-bond donors (Lipinski definition) is 2. The topological polar surface area (TPSA) is 111 Å². The summed E-state index contributed by atoms with van der Waals surface area (Å²) in [6, 6.07) is 7.68. The molecule has 0 saturated carbocycles. The maximum Gasteiger partial charge on any atom is 0.274 e. The van der Waals surface area contributed by atoms with Crippen LogP contribution in [-0.2, 0) is 13.1 Å². The van der Waals surface area contributed by atoms with Gasteiger partial charge in [-0.1, -0.05) is 31.2 Å². The first-order valence-corrected chi connectivity index (χ1v) is 8.70. The van der Waals surface area contributed by atoms with Crippen LogP contribution in [0.15, 0.2) is 24.3 Å². The number of benzene rings is 1. The van der Waals surface area contributed by atoms with E-state index >= 15 is 0 Å². The molecule has 1 aromatic carbocycles. The molecule has 0 aliphatic rings. The zero-order chi connectivity index (χ0) is 19.4. The molecule has 9 heteroatoms. The number of carbonyl (C=O) groups excluding carboxylic acids is 1. The minimum Gasteiger partial charge on any atom is -0.497 e. The summed E-state index contributed by atoms with van der Waals surface area (Å²) in [6.07, 6.45) is 0. The molecule has 2 heterocycles. The van der Waals surface area contributed by atoms with Crippen LogP contribution in [0.1, 0.15) is 53.2 Å². The highest BCUT2D eigenvalue weighted by atomic mass is 16.5. The van der Waals surface area contributed by atoms with E-state index in [1.165, 1.54) is 0 Å². The second-order valence-electron chi connectivity index (χ2n) is 6.51. The van der Waals surface area contributed by atoms with E-state index in [9.17, 15) is 4.79 Å². The van der Waals surface area contributed by atoms with Gasteiger partial charge >= 0.3 is 0 Å². The predicted octanol–water partition coefficient (Wildman–Crippen LogP) is 1.81. The summed E-state index contributed by atoms with van der Waals surface area (Å²) in [7, 11) is 1.63. The number of carbonyl (C=O) groups is 1. The van der Waals surface area contributed by atoms with Crippen LogP contribution in [-0.4, -0.2) is 43.2 Å². The van der Waals surface area contributed by atoms with Crippen LogP contribution in [0.25, 0.3) is 0 Å². The molecule has 3 aromatic rings. The number of amides is 1. The lowest BCUT2D eigenvalue weighted by Gasteiger charge is -2.06. The molecule has 1 amide bonds. The Morgan fingerprint density at radius 2 is 2.04 bits per heavy atom. The van der Waals surface area contributed by atoms with Gasteiger partial charge in [-0.2, -0.15) is 5.10 Å². The molecule has 0 aliphatic heterocycles. The van der Waals surface area contributed by atoms with Crippen LogP contribution >= 0.6 is 0 Å². The average Bonchev–Trinajstić information content (AvgIpc) is 3.28. The van der Waals surface area contributed by atoms with Gasteiger partial charge in [-0.05, 0) is 24.6 Å². The van der Waals surface area contributed by atoms with Crippen molar-refractivity contribution in [2.45, 2.75) is 39.8 Å². The lowest BCUT2D eigenvalue weighted by Crippen LogP contribution is -2.24. The normalized spacial score (nSPS) is 11.0. The van der Waals surface area contributed by atoms with E-state index in [-0.39, 0.29) is 18.4 Å². The highest BCUT2D eigenvalue weighted by Gasteiger charge is 2.17. The monoisotopic (exact) mass is 369 g/mol. The molecule has 0 fully saturated rings. The van der Waals surface area contributed by atoms with E-state index in [1.54, 1.807) is 11.8 Å². The number of nitrogens with zero attached hydrogens (tertiary/aromatic N) is 5. The van der Waals surface area contributed by atoms with Crippen molar-refractivity contribution in [3.05, 3.63) is 52.9 Å². The highest BCUT2D eigenvalue weighted by Crippen LogP contribution is 2.13. The first-order chi connectivity index (χ1) is 13.0. The summed E-state index contributed by atoms with van der Waals surface area (Å²) in [5, 5.41) is 17.9.